The van der Waals surface area contributed by atoms with Crippen LogP contribution in [-0.4, -0.2) is 43.5 Å². The van der Waals surface area contributed by atoms with E-state index in [1.165, 1.54) is 0 Å². The summed E-state index contributed by atoms with van der Waals surface area (Å²) in [5.41, 5.74) is 0. The Kier molecular flexibility index (Phi) is 2.86. The molecule has 0 saturated carbocycles. The minimum absolute atomic E-state index is 0.0990. The first-order valence-electron chi connectivity index (χ1n) is 4.71. The summed E-state index contributed by atoms with van der Waals surface area (Å²) >= 11 is 1.92. The fourth-order valence-corrected chi connectivity index (χ4v) is 4.22. The topological polar surface area (TPSA) is 46.2 Å². The molecule has 0 aromatic rings. The van der Waals surface area contributed by atoms with E-state index in [4.69, 9.17) is 0 Å². The molecule has 0 aromatic heterocycles. The predicted octanol–water partition coefficient (Wildman–Crippen LogP) is 0.269. The van der Waals surface area contributed by atoms with E-state index in [9.17, 15) is 8.42 Å². The van der Waals surface area contributed by atoms with Crippen LogP contribution < -0.4 is 5.32 Å². The van der Waals surface area contributed by atoms with Crippen LogP contribution in [0.2, 0.25) is 0 Å². The van der Waals surface area contributed by atoms with Gasteiger partial charge < -0.3 is 5.32 Å². The van der Waals surface area contributed by atoms with Gasteiger partial charge >= 0.3 is 0 Å². The second-order valence-electron chi connectivity index (χ2n) is 3.77. The van der Waals surface area contributed by atoms with Gasteiger partial charge in [-0.15, -0.1) is 0 Å². The molecule has 1 unspecified atom stereocenters. The summed E-state index contributed by atoms with van der Waals surface area (Å²) in [7, 11) is -2.74. The van der Waals surface area contributed by atoms with Gasteiger partial charge in [0.05, 0.1) is 11.0 Å². The van der Waals surface area contributed by atoms with Crippen molar-refractivity contribution >= 4 is 21.6 Å². The third-order valence-corrected chi connectivity index (χ3v) is 6.29. The number of thioether (sulfide) groups is 1. The molecule has 76 valence electrons. The summed E-state index contributed by atoms with van der Waals surface area (Å²) < 4.78 is 22.9. The maximum atomic E-state index is 11.4. The minimum Gasteiger partial charge on any atom is -0.311 e. The Bertz CT molecular complexity index is 272. The van der Waals surface area contributed by atoms with Crippen molar-refractivity contribution in [3.05, 3.63) is 0 Å². The molecule has 0 aromatic carbocycles. The van der Waals surface area contributed by atoms with Crippen LogP contribution in [0.4, 0.5) is 0 Å². The molecular formula is C8H15NO2S2. The van der Waals surface area contributed by atoms with Gasteiger partial charge in [-0.1, -0.05) is 0 Å². The van der Waals surface area contributed by atoms with Crippen LogP contribution in [0.3, 0.4) is 0 Å². The lowest BCUT2D eigenvalue weighted by molar-refractivity contribution is 0.543. The standard InChI is InChI=1S/C8H15NO2S2/c10-13(11)3-1-2-8(13)4-9-7-5-12-6-7/h7-9H,1-6H2. The quantitative estimate of drug-likeness (QED) is 0.743. The van der Waals surface area contributed by atoms with Crippen molar-refractivity contribution in [3.8, 4) is 0 Å². The second-order valence-corrected chi connectivity index (χ2v) is 7.25. The van der Waals surface area contributed by atoms with Crippen LogP contribution in [0, 0.1) is 0 Å². The maximum Gasteiger partial charge on any atom is 0.154 e. The fraction of sp³-hybridized carbons (Fsp3) is 1.00. The molecule has 0 radical (unpaired) electrons. The molecule has 2 heterocycles. The van der Waals surface area contributed by atoms with Crippen molar-refractivity contribution < 1.29 is 8.42 Å². The molecule has 2 rings (SSSR count). The number of hydrogen-bond acceptors (Lipinski definition) is 4. The van der Waals surface area contributed by atoms with Gasteiger partial charge in [0.2, 0.25) is 0 Å². The smallest absolute Gasteiger partial charge is 0.154 e. The van der Waals surface area contributed by atoms with Crippen LogP contribution in [-0.2, 0) is 9.84 Å². The highest BCUT2D eigenvalue weighted by Crippen LogP contribution is 2.21. The number of sulfone groups is 1. The molecule has 0 bridgehead atoms. The summed E-state index contributed by atoms with van der Waals surface area (Å²) in [5, 5.41) is 3.22. The minimum atomic E-state index is -2.74. The third-order valence-electron chi connectivity index (χ3n) is 2.74. The fourth-order valence-electron chi connectivity index (χ4n) is 1.74. The van der Waals surface area contributed by atoms with E-state index in [0.29, 0.717) is 18.3 Å². The Hall–Kier alpha value is 0.260. The van der Waals surface area contributed by atoms with Gasteiger partial charge in [-0.25, -0.2) is 8.42 Å². The zero-order valence-corrected chi connectivity index (χ0v) is 9.16. The Morgan fingerprint density at radius 3 is 2.62 bits per heavy atom. The Morgan fingerprint density at radius 1 is 1.38 bits per heavy atom. The van der Waals surface area contributed by atoms with Crippen molar-refractivity contribution in [3.63, 3.8) is 0 Å². The summed E-state index contributed by atoms with van der Waals surface area (Å²) in [5.74, 6) is 2.69. The molecule has 3 nitrogen and oxygen atoms in total. The lowest BCUT2D eigenvalue weighted by Gasteiger charge is -2.27. The zero-order chi connectivity index (χ0) is 9.31. The van der Waals surface area contributed by atoms with Gasteiger partial charge in [-0.3, -0.25) is 0 Å². The Balaban J connectivity index is 1.80. The highest BCUT2D eigenvalue weighted by Gasteiger charge is 2.31. The van der Waals surface area contributed by atoms with Crippen LogP contribution in [0.15, 0.2) is 0 Å². The number of nitrogens with one attached hydrogen (secondary N) is 1. The van der Waals surface area contributed by atoms with E-state index in [2.05, 4.69) is 5.32 Å². The van der Waals surface area contributed by atoms with E-state index in [0.717, 1.165) is 24.3 Å². The van der Waals surface area contributed by atoms with Gasteiger partial charge in [0.15, 0.2) is 9.84 Å². The van der Waals surface area contributed by atoms with Crippen LogP contribution in [0.1, 0.15) is 12.8 Å². The Labute approximate surface area is 83.6 Å². The molecule has 2 aliphatic rings. The first kappa shape index (κ1) is 9.80. The average molecular weight is 221 g/mol. The molecule has 0 aliphatic carbocycles. The SMILES string of the molecule is O=S1(=O)CCCC1CNC1CSC1. The van der Waals surface area contributed by atoms with Gasteiger partial charge in [0.25, 0.3) is 0 Å². The van der Waals surface area contributed by atoms with Gasteiger partial charge in [0, 0.05) is 24.1 Å². The van der Waals surface area contributed by atoms with Crippen molar-refractivity contribution in [2.24, 2.45) is 0 Å². The molecule has 5 heteroatoms. The molecule has 13 heavy (non-hydrogen) atoms. The Morgan fingerprint density at radius 2 is 2.15 bits per heavy atom. The first-order chi connectivity index (χ1) is 6.18. The third kappa shape index (κ3) is 2.19. The largest absolute Gasteiger partial charge is 0.311 e. The normalized spacial score (nSPS) is 33.1. The zero-order valence-electron chi connectivity index (χ0n) is 7.53. The lowest BCUT2D eigenvalue weighted by atomic mass is 10.2. The van der Waals surface area contributed by atoms with Crippen molar-refractivity contribution in [1.29, 1.82) is 0 Å². The van der Waals surface area contributed by atoms with E-state index in [-0.39, 0.29) is 5.25 Å². The predicted molar refractivity (Wildman–Crippen MR) is 55.9 cm³/mol. The highest BCUT2D eigenvalue weighted by atomic mass is 32.2. The molecule has 2 fully saturated rings. The summed E-state index contributed by atoms with van der Waals surface area (Å²) in [6.45, 7) is 0.674. The van der Waals surface area contributed by atoms with Gasteiger partial charge in [0.1, 0.15) is 0 Å². The summed E-state index contributed by atoms with van der Waals surface area (Å²) in [4.78, 5) is 0. The van der Waals surface area contributed by atoms with Crippen LogP contribution >= 0.6 is 11.8 Å². The molecular weight excluding hydrogens is 206 g/mol. The molecule has 2 aliphatic heterocycles. The van der Waals surface area contributed by atoms with Gasteiger partial charge in [-0.05, 0) is 12.8 Å². The van der Waals surface area contributed by atoms with Crippen LogP contribution in [0.25, 0.3) is 0 Å². The summed E-state index contributed by atoms with van der Waals surface area (Å²) in [6, 6.07) is 0.570. The summed E-state index contributed by atoms with van der Waals surface area (Å²) in [6.07, 6.45) is 1.71. The molecule has 1 N–H and O–H groups in total. The first-order valence-corrected chi connectivity index (χ1v) is 7.58. The van der Waals surface area contributed by atoms with E-state index in [1.54, 1.807) is 0 Å². The monoisotopic (exact) mass is 221 g/mol. The number of rotatable bonds is 3. The molecule has 0 spiro atoms. The van der Waals surface area contributed by atoms with Crippen LogP contribution in [0.5, 0.6) is 0 Å². The van der Waals surface area contributed by atoms with Crippen molar-refractivity contribution in [1.82, 2.24) is 5.32 Å². The highest BCUT2D eigenvalue weighted by molar-refractivity contribution is 8.00. The van der Waals surface area contributed by atoms with E-state index < -0.39 is 9.84 Å². The van der Waals surface area contributed by atoms with Gasteiger partial charge in [-0.2, -0.15) is 11.8 Å². The second kappa shape index (κ2) is 3.79. The molecule has 0 amide bonds. The van der Waals surface area contributed by atoms with Crippen molar-refractivity contribution in [2.45, 2.75) is 24.1 Å². The van der Waals surface area contributed by atoms with E-state index in [1.807, 2.05) is 11.8 Å². The average Bonchev–Trinajstić information content (AvgIpc) is 2.27. The van der Waals surface area contributed by atoms with E-state index >= 15 is 0 Å². The number of hydrogen-bond donors (Lipinski definition) is 1. The molecule has 2 saturated heterocycles. The lowest BCUT2D eigenvalue weighted by Crippen LogP contribution is -2.44. The maximum absolute atomic E-state index is 11.4. The van der Waals surface area contributed by atoms with Crippen molar-refractivity contribution in [2.75, 3.05) is 23.8 Å². The molecule has 1 atom stereocenters.